The van der Waals surface area contributed by atoms with Gasteiger partial charge in [-0.2, -0.15) is 0 Å². The molecule has 187 valence electrons. The van der Waals surface area contributed by atoms with E-state index in [0.29, 0.717) is 11.4 Å². The van der Waals surface area contributed by atoms with Crippen LogP contribution in [-0.2, 0) is 19.2 Å². The van der Waals surface area contributed by atoms with Crippen LogP contribution in [0, 0.1) is 0 Å². The van der Waals surface area contributed by atoms with Gasteiger partial charge < -0.3 is 0 Å². The Balaban J connectivity index is 2.18. The van der Waals surface area contributed by atoms with Crippen LogP contribution in [0.15, 0.2) is 18.2 Å². The Kier molecular flexibility index (Phi) is 8.73. The van der Waals surface area contributed by atoms with Gasteiger partial charge in [0.2, 0.25) is 0 Å². The SMILES string of the molecule is FC(F)(F)Oc1cc(OC(F)(F)F)cc([PH]([CH](Cl)[Pd])(C2CCCCC2)C2CCCCC2)c1. The number of hydrogen-bond donors (Lipinski definition) is 0. The summed E-state index contributed by atoms with van der Waals surface area (Å²) in [7, 11) is -2.86. The first-order valence-electron chi connectivity index (χ1n) is 10.8. The summed E-state index contributed by atoms with van der Waals surface area (Å²) < 4.78 is 85.6. The zero-order valence-corrected chi connectivity index (χ0v) is 20.6. The van der Waals surface area contributed by atoms with E-state index in [4.69, 9.17) is 11.6 Å². The Hall–Kier alpha value is -0.218. The maximum absolute atomic E-state index is 13.0. The number of hydrogen-bond acceptors (Lipinski definition) is 2. The second kappa shape index (κ2) is 10.6. The molecule has 0 aliphatic heterocycles. The van der Waals surface area contributed by atoms with Crippen molar-refractivity contribution in [2.24, 2.45) is 0 Å². The summed E-state index contributed by atoms with van der Waals surface area (Å²) in [6.45, 7) is 0. The van der Waals surface area contributed by atoms with E-state index in [0.717, 1.165) is 64.2 Å². The van der Waals surface area contributed by atoms with Crippen molar-refractivity contribution in [1.29, 1.82) is 0 Å². The zero-order chi connectivity index (χ0) is 23.6. The van der Waals surface area contributed by atoms with Gasteiger partial charge in [-0.3, -0.25) is 0 Å². The van der Waals surface area contributed by atoms with E-state index in [9.17, 15) is 26.3 Å². The molecule has 1 unspecified atom stereocenters. The van der Waals surface area contributed by atoms with Gasteiger partial charge in [-0.15, -0.1) is 0 Å². The maximum atomic E-state index is 13.0. The van der Waals surface area contributed by atoms with Crippen molar-refractivity contribution >= 4 is 24.2 Å². The van der Waals surface area contributed by atoms with Crippen LogP contribution in [-0.4, -0.2) is 27.6 Å². The summed E-state index contributed by atoms with van der Waals surface area (Å²) >= 11 is 10.1. The minimum atomic E-state index is -5.04. The van der Waals surface area contributed by atoms with Crippen molar-refractivity contribution in [2.45, 2.75) is 91.8 Å². The Morgan fingerprint density at radius 1 is 0.750 bits per heavy atom. The third-order valence-electron chi connectivity index (χ3n) is 6.74. The van der Waals surface area contributed by atoms with Crippen LogP contribution in [0.4, 0.5) is 26.3 Å². The van der Waals surface area contributed by atoms with Crippen molar-refractivity contribution in [3.05, 3.63) is 18.2 Å². The summed E-state index contributed by atoms with van der Waals surface area (Å²) in [5, 5.41) is 0.448. The van der Waals surface area contributed by atoms with Gasteiger partial charge in [-0.1, -0.05) is 0 Å². The number of alkyl halides is 7. The fourth-order valence-electron chi connectivity index (χ4n) is 5.62. The molecule has 32 heavy (non-hydrogen) atoms. The van der Waals surface area contributed by atoms with Crippen molar-refractivity contribution in [1.82, 2.24) is 0 Å². The van der Waals surface area contributed by atoms with Gasteiger partial charge in [0.05, 0.1) is 0 Å². The quantitative estimate of drug-likeness (QED) is 0.146. The third kappa shape index (κ3) is 6.46. The van der Waals surface area contributed by atoms with E-state index in [1.54, 1.807) is 0 Å². The molecule has 0 N–H and O–H groups in total. The van der Waals surface area contributed by atoms with Gasteiger partial charge in [0.1, 0.15) is 0 Å². The molecule has 1 aromatic carbocycles. The van der Waals surface area contributed by atoms with E-state index in [1.165, 1.54) is 12.1 Å². The Morgan fingerprint density at radius 2 is 1.12 bits per heavy atom. The van der Waals surface area contributed by atoms with Crippen LogP contribution in [0.25, 0.3) is 0 Å². The first kappa shape index (κ1) is 26.4. The monoisotopic (exact) mass is 597 g/mol. The molecule has 2 fully saturated rings. The molecule has 0 saturated heterocycles. The number of benzene rings is 1. The van der Waals surface area contributed by atoms with Gasteiger partial charge in [0.15, 0.2) is 0 Å². The van der Waals surface area contributed by atoms with Gasteiger partial charge in [-0.25, -0.2) is 0 Å². The zero-order valence-electron chi connectivity index (χ0n) is 17.3. The van der Waals surface area contributed by atoms with Gasteiger partial charge in [0, 0.05) is 0 Å². The fourth-order valence-corrected chi connectivity index (χ4v) is 16.0. The fraction of sp³-hybridized carbons (Fsp3) is 0.714. The summed E-state index contributed by atoms with van der Waals surface area (Å²) in [6, 6.07) is 3.16. The van der Waals surface area contributed by atoms with E-state index in [1.807, 2.05) is 0 Å². The molecule has 0 spiro atoms. The molecule has 0 radical (unpaired) electrons. The first-order valence-corrected chi connectivity index (χ1v) is 14.4. The van der Waals surface area contributed by atoms with E-state index in [-0.39, 0.29) is 11.3 Å². The van der Waals surface area contributed by atoms with Crippen LogP contribution in [0.1, 0.15) is 64.2 Å². The predicted octanol–water partition coefficient (Wildman–Crippen LogP) is 7.59. The second-order valence-electron chi connectivity index (χ2n) is 8.66. The molecule has 1 atom stereocenters. The van der Waals surface area contributed by atoms with Crippen molar-refractivity contribution in [3.63, 3.8) is 0 Å². The summed E-state index contributed by atoms with van der Waals surface area (Å²) in [6.07, 6.45) is -0.479. The molecule has 11 heteroatoms. The Morgan fingerprint density at radius 3 is 1.44 bits per heavy atom. The van der Waals surface area contributed by atoms with E-state index < -0.39 is 35.1 Å². The molecular formula is C21H27ClF6O2PPd. The average Bonchev–Trinajstić information content (AvgIpc) is 2.67. The Bertz CT molecular complexity index is 709. The average molecular weight is 598 g/mol. The van der Waals surface area contributed by atoms with Crippen LogP contribution in [0.5, 0.6) is 11.5 Å². The molecule has 0 heterocycles. The minimum absolute atomic E-state index is 0.163. The summed E-state index contributed by atoms with van der Waals surface area (Å²) in [4.78, 5) is 0. The first-order chi connectivity index (χ1) is 14.9. The van der Waals surface area contributed by atoms with Crippen molar-refractivity contribution in [2.75, 3.05) is 0 Å². The van der Waals surface area contributed by atoms with E-state index in [2.05, 4.69) is 28.7 Å². The molecule has 3 rings (SSSR count). The molecular weight excluding hydrogens is 571 g/mol. The van der Waals surface area contributed by atoms with Gasteiger partial charge >= 0.3 is 201 Å². The molecule has 2 aliphatic carbocycles. The predicted molar refractivity (Wildman–Crippen MR) is 111 cm³/mol. The third-order valence-corrected chi connectivity index (χ3v) is 15.9. The molecule has 0 amide bonds. The molecule has 2 nitrogen and oxygen atoms in total. The number of rotatable bonds is 6. The standard InChI is InChI=1S/C21H27ClF6O2P.Pd/c22-14-31(17-7-3-1-4-8-17,18-9-5-2-6-10-18)19-12-15(29-20(23,24)25)11-16(13-19)30-21(26,27)28;/h11-14,17-18,31H,1-10H2;. The Labute approximate surface area is 200 Å². The van der Waals surface area contributed by atoms with Crippen LogP contribution < -0.4 is 14.8 Å². The normalized spacial score (nSPS) is 21.3. The van der Waals surface area contributed by atoms with Gasteiger partial charge in [-0.05, 0) is 0 Å². The number of ether oxygens (including phenoxy) is 2. The van der Waals surface area contributed by atoms with Crippen LogP contribution in [0.2, 0.25) is 0 Å². The second-order valence-corrected chi connectivity index (χ2v) is 16.3. The molecule has 2 saturated carbocycles. The van der Waals surface area contributed by atoms with Gasteiger partial charge in [0.25, 0.3) is 0 Å². The van der Waals surface area contributed by atoms with Crippen molar-refractivity contribution < 1.29 is 55.0 Å². The van der Waals surface area contributed by atoms with Crippen molar-refractivity contribution in [3.8, 4) is 11.5 Å². The molecule has 1 aromatic rings. The summed E-state index contributed by atoms with van der Waals surface area (Å²) in [5.74, 6) is -1.40. The topological polar surface area (TPSA) is 18.5 Å². The van der Waals surface area contributed by atoms with E-state index >= 15 is 0 Å². The molecule has 2 aliphatic rings. The molecule has 0 bridgehead atoms. The van der Waals surface area contributed by atoms with Crippen LogP contribution >= 0.6 is 18.9 Å². The van der Waals surface area contributed by atoms with Crippen LogP contribution in [0.3, 0.4) is 0 Å². The summed E-state index contributed by atoms with van der Waals surface area (Å²) in [5.41, 5.74) is 0.326. The molecule has 0 aromatic heterocycles. The number of halogens is 7.